The van der Waals surface area contributed by atoms with Crippen molar-refractivity contribution in [3.8, 4) is 11.5 Å². The lowest BCUT2D eigenvalue weighted by Gasteiger charge is -2.32. The molecule has 0 bridgehead atoms. The monoisotopic (exact) mass is 541 g/mol. The Kier molecular flexibility index (Phi) is 11.0. The van der Waals surface area contributed by atoms with Gasteiger partial charge >= 0.3 is 0 Å². The number of ether oxygens (including phenoxy) is 3. The van der Waals surface area contributed by atoms with Crippen LogP contribution in [0.15, 0.2) is 17.1 Å². The molecule has 0 radical (unpaired) electrons. The Labute approximate surface area is 190 Å². The van der Waals surface area contributed by atoms with Crippen LogP contribution < -0.4 is 14.8 Å². The largest absolute Gasteiger partial charge is 0.493 e. The van der Waals surface area contributed by atoms with Gasteiger partial charge in [-0.25, -0.2) is 8.42 Å². The number of hydrogen-bond donors (Lipinski definition) is 1. The zero-order chi connectivity index (χ0) is 20.6. The van der Waals surface area contributed by atoms with E-state index in [0.29, 0.717) is 13.2 Å². The quantitative estimate of drug-likeness (QED) is 0.220. The fourth-order valence-electron chi connectivity index (χ4n) is 3.02. The molecule has 166 valence electrons. The summed E-state index contributed by atoms with van der Waals surface area (Å²) < 4.78 is 38.4. The Morgan fingerprint density at radius 1 is 1.17 bits per heavy atom. The maximum Gasteiger partial charge on any atom is 0.194 e. The van der Waals surface area contributed by atoms with E-state index in [1.54, 1.807) is 14.2 Å². The Balaban J connectivity index is 0.00000420. The van der Waals surface area contributed by atoms with Crippen LogP contribution in [0, 0.1) is 0 Å². The van der Waals surface area contributed by atoms with Crippen molar-refractivity contribution >= 4 is 39.8 Å². The Hall–Kier alpha value is -1.27. The summed E-state index contributed by atoms with van der Waals surface area (Å²) in [6.07, 6.45) is 2.10. The van der Waals surface area contributed by atoms with Crippen LogP contribution in [0.3, 0.4) is 0 Å². The van der Waals surface area contributed by atoms with Crippen molar-refractivity contribution in [2.75, 3.05) is 59.1 Å². The Morgan fingerprint density at radius 3 is 2.41 bits per heavy atom. The van der Waals surface area contributed by atoms with Gasteiger partial charge in [-0.15, -0.1) is 24.0 Å². The second-order valence-corrected chi connectivity index (χ2v) is 8.89. The number of nitrogens with zero attached hydrogens (tertiary/aromatic N) is 2. The molecule has 0 fully saturated rings. The minimum Gasteiger partial charge on any atom is -0.493 e. The van der Waals surface area contributed by atoms with E-state index < -0.39 is 9.84 Å². The molecule has 0 saturated carbocycles. The molecule has 0 aromatic heterocycles. The highest BCUT2D eigenvalue weighted by Gasteiger charge is 2.21. The topological polar surface area (TPSA) is 89.5 Å². The number of hydrogen-bond acceptors (Lipinski definition) is 6. The fraction of sp³-hybridized carbons (Fsp3) is 0.632. The Morgan fingerprint density at radius 2 is 1.83 bits per heavy atom. The van der Waals surface area contributed by atoms with Crippen molar-refractivity contribution in [2.45, 2.75) is 19.9 Å². The molecule has 1 aromatic rings. The van der Waals surface area contributed by atoms with E-state index in [0.717, 1.165) is 43.5 Å². The molecule has 1 heterocycles. The molecule has 0 unspecified atom stereocenters. The molecule has 1 aliphatic rings. The molecular formula is C19H32IN3O5S. The number of nitrogens with one attached hydrogen (secondary N) is 1. The minimum atomic E-state index is -2.99. The molecule has 1 aromatic carbocycles. The van der Waals surface area contributed by atoms with Crippen LogP contribution >= 0.6 is 24.0 Å². The summed E-state index contributed by atoms with van der Waals surface area (Å²) in [5.41, 5.74) is 2.45. The minimum absolute atomic E-state index is 0. The lowest BCUT2D eigenvalue weighted by Crippen LogP contribution is -2.44. The van der Waals surface area contributed by atoms with Gasteiger partial charge in [0, 0.05) is 25.9 Å². The zero-order valence-electron chi connectivity index (χ0n) is 17.6. The van der Waals surface area contributed by atoms with Gasteiger partial charge in [0.1, 0.15) is 9.84 Å². The summed E-state index contributed by atoms with van der Waals surface area (Å²) in [6, 6.07) is 4.07. The fourth-order valence-corrected chi connectivity index (χ4v) is 3.44. The van der Waals surface area contributed by atoms with Gasteiger partial charge in [-0.3, -0.25) is 4.99 Å². The molecule has 0 saturated heterocycles. The lowest BCUT2D eigenvalue weighted by atomic mass is 9.99. The predicted molar refractivity (Wildman–Crippen MR) is 126 cm³/mol. The van der Waals surface area contributed by atoms with E-state index in [9.17, 15) is 8.42 Å². The number of guanidine groups is 1. The summed E-state index contributed by atoms with van der Waals surface area (Å²) in [5, 5.41) is 3.32. The molecule has 0 aliphatic carbocycles. The maximum atomic E-state index is 11.1. The molecule has 0 amide bonds. The predicted octanol–water partition coefficient (Wildman–Crippen LogP) is 1.71. The van der Waals surface area contributed by atoms with Gasteiger partial charge in [0.2, 0.25) is 0 Å². The lowest BCUT2D eigenvalue weighted by molar-refractivity contribution is 0.157. The van der Waals surface area contributed by atoms with Gasteiger partial charge in [-0.1, -0.05) is 0 Å². The first-order valence-corrected chi connectivity index (χ1v) is 11.5. The molecule has 8 nitrogen and oxygen atoms in total. The van der Waals surface area contributed by atoms with Gasteiger partial charge < -0.3 is 24.4 Å². The van der Waals surface area contributed by atoms with E-state index in [-0.39, 0.29) is 36.3 Å². The van der Waals surface area contributed by atoms with Crippen molar-refractivity contribution in [1.82, 2.24) is 10.2 Å². The first-order chi connectivity index (χ1) is 13.4. The summed E-state index contributed by atoms with van der Waals surface area (Å²) in [6.45, 7) is 5.44. The first-order valence-electron chi connectivity index (χ1n) is 9.40. The molecule has 1 aliphatic heterocycles. The van der Waals surface area contributed by atoms with Crippen molar-refractivity contribution in [3.63, 3.8) is 0 Å². The van der Waals surface area contributed by atoms with Crippen molar-refractivity contribution in [3.05, 3.63) is 23.3 Å². The van der Waals surface area contributed by atoms with Gasteiger partial charge in [-0.2, -0.15) is 0 Å². The van der Waals surface area contributed by atoms with Crippen LogP contribution in [0.2, 0.25) is 0 Å². The number of methoxy groups -OCH3 is 2. The second-order valence-electron chi connectivity index (χ2n) is 6.63. The van der Waals surface area contributed by atoms with Gasteiger partial charge in [0.25, 0.3) is 0 Å². The summed E-state index contributed by atoms with van der Waals surface area (Å²) in [5.74, 6) is 2.34. The first kappa shape index (κ1) is 25.8. The number of aliphatic imine (C=N–C) groups is 1. The SMILES string of the molecule is CCNC(=NCCOCCS(C)(=O)=O)N1CCc2cc(OC)c(OC)cc2C1.I. The summed E-state index contributed by atoms with van der Waals surface area (Å²) in [7, 11) is 0.292. The average Bonchev–Trinajstić information content (AvgIpc) is 2.67. The van der Waals surface area contributed by atoms with Crippen LogP contribution in [-0.2, 0) is 27.5 Å². The molecule has 10 heteroatoms. The number of fused-ring (bicyclic) bond motifs is 1. The normalized spacial score (nSPS) is 14.1. The summed E-state index contributed by atoms with van der Waals surface area (Å²) >= 11 is 0. The van der Waals surface area contributed by atoms with Crippen LogP contribution in [0.1, 0.15) is 18.1 Å². The average molecular weight is 541 g/mol. The second kappa shape index (κ2) is 12.4. The van der Waals surface area contributed by atoms with Crippen LogP contribution in [-0.4, -0.2) is 78.4 Å². The molecule has 2 rings (SSSR count). The highest BCUT2D eigenvalue weighted by molar-refractivity contribution is 14.0. The van der Waals surface area contributed by atoms with E-state index in [1.165, 1.54) is 17.4 Å². The van der Waals surface area contributed by atoms with Crippen molar-refractivity contribution < 1.29 is 22.6 Å². The maximum absolute atomic E-state index is 11.1. The molecule has 0 spiro atoms. The van der Waals surface area contributed by atoms with Crippen LogP contribution in [0.4, 0.5) is 0 Å². The van der Waals surface area contributed by atoms with E-state index >= 15 is 0 Å². The highest BCUT2D eigenvalue weighted by Crippen LogP contribution is 2.33. The summed E-state index contributed by atoms with van der Waals surface area (Å²) in [4.78, 5) is 6.82. The molecule has 0 atom stereocenters. The highest BCUT2D eigenvalue weighted by atomic mass is 127. The molecule has 1 N–H and O–H groups in total. The zero-order valence-corrected chi connectivity index (χ0v) is 20.7. The van der Waals surface area contributed by atoms with Gasteiger partial charge in [0.15, 0.2) is 17.5 Å². The number of rotatable bonds is 9. The molecule has 29 heavy (non-hydrogen) atoms. The third-order valence-corrected chi connectivity index (χ3v) is 5.36. The van der Waals surface area contributed by atoms with Crippen LogP contribution in [0.25, 0.3) is 0 Å². The van der Waals surface area contributed by atoms with E-state index in [1.807, 2.05) is 19.1 Å². The smallest absolute Gasteiger partial charge is 0.194 e. The van der Waals surface area contributed by atoms with E-state index in [2.05, 4.69) is 15.2 Å². The van der Waals surface area contributed by atoms with Crippen molar-refractivity contribution in [1.29, 1.82) is 0 Å². The van der Waals surface area contributed by atoms with Gasteiger partial charge in [-0.05, 0) is 36.6 Å². The van der Waals surface area contributed by atoms with Crippen LogP contribution in [0.5, 0.6) is 11.5 Å². The third-order valence-electron chi connectivity index (χ3n) is 4.45. The third kappa shape index (κ3) is 8.17. The number of benzene rings is 1. The number of sulfone groups is 1. The van der Waals surface area contributed by atoms with E-state index in [4.69, 9.17) is 14.2 Å². The van der Waals surface area contributed by atoms with Crippen molar-refractivity contribution in [2.24, 2.45) is 4.99 Å². The number of halogens is 1. The molecular weight excluding hydrogens is 509 g/mol. The van der Waals surface area contributed by atoms with Gasteiger partial charge in [0.05, 0.1) is 39.7 Å². The standard InChI is InChI=1S/C19H31N3O5S.HI/c1-5-20-19(21-7-9-27-10-11-28(4,23)24)22-8-6-15-12-17(25-2)18(26-3)13-16(15)14-22;/h12-13H,5-11,14H2,1-4H3,(H,20,21);1H. The Bertz CT molecular complexity index is 786.